The van der Waals surface area contributed by atoms with Gasteiger partial charge in [0, 0.05) is 15.5 Å². The van der Waals surface area contributed by atoms with Crippen molar-refractivity contribution < 1.29 is 0 Å². The van der Waals surface area contributed by atoms with E-state index in [0.29, 0.717) is 0 Å². The first-order chi connectivity index (χ1) is 8.69. The molecule has 0 aliphatic carbocycles. The van der Waals surface area contributed by atoms with Gasteiger partial charge in [0.2, 0.25) is 0 Å². The monoisotopic (exact) mass is 253 g/mol. The molecule has 2 aromatic rings. The fourth-order valence-electron chi connectivity index (χ4n) is 2.26. The Balaban J connectivity index is 2.26. The van der Waals surface area contributed by atoms with Gasteiger partial charge in [-0.2, -0.15) is 0 Å². The molecule has 0 aromatic heterocycles. The number of hydrogen-bond donors (Lipinski definition) is 1. The van der Waals surface area contributed by atoms with Crippen LogP contribution in [0.4, 0.5) is 5.69 Å². The molecule has 0 unspecified atom stereocenters. The van der Waals surface area contributed by atoms with Crippen LogP contribution in [0, 0.1) is 6.92 Å². The van der Waals surface area contributed by atoms with Gasteiger partial charge in [0.05, 0.1) is 5.69 Å². The van der Waals surface area contributed by atoms with Crippen LogP contribution in [-0.2, 0) is 0 Å². The highest BCUT2D eigenvalue weighted by atomic mass is 32.2. The van der Waals surface area contributed by atoms with Crippen LogP contribution in [0.15, 0.2) is 58.5 Å². The summed E-state index contributed by atoms with van der Waals surface area (Å²) in [4.78, 5) is 2.51. The molecule has 2 heteroatoms. The maximum Gasteiger partial charge on any atom is 0.0530 e. The van der Waals surface area contributed by atoms with Crippen molar-refractivity contribution in [3.05, 3.63) is 59.2 Å². The van der Waals surface area contributed by atoms with E-state index in [2.05, 4.69) is 56.1 Å². The lowest BCUT2D eigenvalue weighted by Crippen LogP contribution is -2.04. The van der Waals surface area contributed by atoms with Crippen molar-refractivity contribution >= 4 is 28.2 Å². The average molecular weight is 253 g/mol. The fraction of sp³-hybridized carbons (Fsp3) is 0.125. The van der Waals surface area contributed by atoms with Crippen molar-refractivity contribution in [1.82, 2.24) is 0 Å². The van der Waals surface area contributed by atoms with Gasteiger partial charge in [0.25, 0.3) is 0 Å². The van der Waals surface area contributed by atoms with Gasteiger partial charge in [0.15, 0.2) is 0 Å². The Morgan fingerprint density at radius 3 is 2.72 bits per heavy atom. The summed E-state index contributed by atoms with van der Waals surface area (Å²) in [6.07, 6.45) is 1.92. The number of aryl methyl sites for hydroxylation is 1. The molecule has 0 fully saturated rings. The summed E-state index contributed by atoms with van der Waals surface area (Å²) in [7, 11) is 0. The highest BCUT2D eigenvalue weighted by Crippen LogP contribution is 2.44. The summed E-state index contributed by atoms with van der Waals surface area (Å²) in [6, 6.07) is 10.9. The summed E-state index contributed by atoms with van der Waals surface area (Å²) in [6.45, 7) is 8.11. The van der Waals surface area contributed by atoms with Gasteiger partial charge in [-0.15, -0.1) is 0 Å². The van der Waals surface area contributed by atoms with E-state index in [1.54, 1.807) is 11.8 Å². The number of anilines is 1. The van der Waals surface area contributed by atoms with Crippen LogP contribution in [0.3, 0.4) is 0 Å². The molecule has 1 N–H and O–H groups in total. The zero-order valence-electron chi connectivity index (χ0n) is 10.6. The smallest absolute Gasteiger partial charge is 0.0530 e. The van der Waals surface area contributed by atoms with Crippen LogP contribution >= 0.6 is 11.8 Å². The zero-order valence-corrected chi connectivity index (χ0v) is 11.4. The molecule has 90 valence electrons. The van der Waals surface area contributed by atoms with Crippen molar-refractivity contribution in [2.45, 2.75) is 18.7 Å². The molecule has 3 rings (SSSR count). The van der Waals surface area contributed by atoms with Crippen molar-refractivity contribution in [2.75, 3.05) is 5.32 Å². The first-order valence-corrected chi connectivity index (χ1v) is 6.82. The SMILES string of the molecule is C=CC1=C(C)Nc2ccc3ccc(C)cc3c2S1. The molecular formula is C16H15NS. The molecule has 0 bridgehead atoms. The van der Waals surface area contributed by atoms with Crippen LogP contribution in [0.25, 0.3) is 10.8 Å². The zero-order chi connectivity index (χ0) is 12.7. The van der Waals surface area contributed by atoms with Crippen molar-refractivity contribution in [3.8, 4) is 0 Å². The quantitative estimate of drug-likeness (QED) is 0.760. The highest BCUT2D eigenvalue weighted by Gasteiger charge is 2.16. The second-order valence-electron chi connectivity index (χ2n) is 4.59. The molecule has 0 radical (unpaired) electrons. The molecule has 0 spiro atoms. The lowest BCUT2D eigenvalue weighted by atomic mass is 10.1. The Bertz CT molecular complexity index is 683. The first-order valence-electron chi connectivity index (χ1n) is 6.00. The number of hydrogen-bond acceptors (Lipinski definition) is 2. The van der Waals surface area contributed by atoms with Gasteiger partial charge < -0.3 is 5.32 Å². The molecule has 0 atom stereocenters. The van der Waals surface area contributed by atoms with E-state index in [9.17, 15) is 0 Å². The molecule has 1 heterocycles. The van der Waals surface area contributed by atoms with Crippen molar-refractivity contribution in [1.29, 1.82) is 0 Å². The summed E-state index contributed by atoms with van der Waals surface area (Å²) in [5.74, 6) is 0. The molecular weight excluding hydrogens is 238 g/mol. The lowest BCUT2D eigenvalue weighted by molar-refractivity contribution is 1.31. The lowest BCUT2D eigenvalue weighted by Gasteiger charge is -2.22. The molecule has 1 nitrogen and oxygen atoms in total. The second-order valence-corrected chi connectivity index (χ2v) is 5.64. The van der Waals surface area contributed by atoms with Crippen LogP contribution in [0.5, 0.6) is 0 Å². The van der Waals surface area contributed by atoms with Gasteiger partial charge in [-0.1, -0.05) is 54.2 Å². The van der Waals surface area contributed by atoms with E-state index in [1.165, 1.54) is 37.5 Å². The summed E-state index contributed by atoms with van der Waals surface area (Å²) < 4.78 is 0. The molecule has 0 amide bonds. The van der Waals surface area contributed by atoms with E-state index < -0.39 is 0 Å². The van der Waals surface area contributed by atoms with Gasteiger partial charge in [-0.25, -0.2) is 0 Å². The molecule has 0 saturated carbocycles. The maximum atomic E-state index is 3.89. The largest absolute Gasteiger partial charge is 0.357 e. The number of thioether (sulfide) groups is 1. The van der Waals surface area contributed by atoms with Crippen LogP contribution < -0.4 is 5.32 Å². The predicted molar refractivity (Wildman–Crippen MR) is 81.1 cm³/mol. The second kappa shape index (κ2) is 4.21. The summed E-state index contributed by atoms with van der Waals surface area (Å²) >= 11 is 1.80. The minimum absolute atomic E-state index is 1.18. The highest BCUT2D eigenvalue weighted by molar-refractivity contribution is 8.03. The predicted octanol–water partition coefficient (Wildman–Crippen LogP) is 5.08. The van der Waals surface area contributed by atoms with E-state index in [-0.39, 0.29) is 0 Å². The van der Waals surface area contributed by atoms with Crippen LogP contribution in [0.2, 0.25) is 0 Å². The summed E-state index contributed by atoms with van der Waals surface area (Å²) in [5.41, 5.74) is 3.67. The minimum Gasteiger partial charge on any atom is -0.357 e. The Morgan fingerprint density at radius 2 is 1.94 bits per heavy atom. The van der Waals surface area contributed by atoms with Gasteiger partial charge in [-0.3, -0.25) is 0 Å². The van der Waals surface area contributed by atoms with Crippen molar-refractivity contribution in [3.63, 3.8) is 0 Å². The van der Waals surface area contributed by atoms with Crippen molar-refractivity contribution in [2.24, 2.45) is 0 Å². The van der Waals surface area contributed by atoms with Gasteiger partial charge in [0.1, 0.15) is 0 Å². The summed E-state index contributed by atoms with van der Waals surface area (Å²) in [5, 5.41) is 6.07. The van der Waals surface area contributed by atoms with Crippen LogP contribution in [-0.4, -0.2) is 0 Å². The van der Waals surface area contributed by atoms with E-state index in [0.717, 1.165) is 0 Å². The fourth-order valence-corrected chi connectivity index (χ4v) is 3.28. The standard InChI is InChI=1S/C16H15NS/c1-4-15-11(3)17-14-8-7-12-6-5-10(2)9-13(12)16(14)18-15/h4-9,17H,1H2,2-3H3. The number of fused-ring (bicyclic) bond motifs is 3. The number of rotatable bonds is 1. The van der Waals surface area contributed by atoms with E-state index in [4.69, 9.17) is 0 Å². The topological polar surface area (TPSA) is 12.0 Å². The van der Waals surface area contributed by atoms with E-state index >= 15 is 0 Å². The third-order valence-electron chi connectivity index (χ3n) is 3.22. The average Bonchev–Trinajstić information content (AvgIpc) is 2.37. The molecule has 2 aromatic carbocycles. The number of allylic oxidation sites excluding steroid dienone is 2. The Morgan fingerprint density at radius 1 is 1.17 bits per heavy atom. The Labute approximate surface area is 112 Å². The third-order valence-corrected chi connectivity index (χ3v) is 4.55. The molecule has 0 saturated heterocycles. The number of nitrogens with one attached hydrogen (secondary N) is 1. The normalized spacial score (nSPS) is 14.3. The molecule has 1 aliphatic heterocycles. The van der Waals surface area contributed by atoms with E-state index in [1.807, 2.05) is 6.08 Å². The Hall–Kier alpha value is -1.67. The Kier molecular flexibility index (Phi) is 2.67. The third kappa shape index (κ3) is 1.73. The minimum atomic E-state index is 1.18. The molecule has 18 heavy (non-hydrogen) atoms. The molecule has 1 aliphatic rings. The van der Waals surface area contributed by atoms with Gasteiger partial charge >= 0.3 is 0 Å². The maximum absolute atomic E-state index is 3.89. The van der Waals surface area contributed by atoms with Crippen LogP contribution in [0.1, 0.15) is 12.5 Å². The van der Waals surface area contributed by atoms with Gasteiger partial charge in [-0.05, 0) is 30.7 Å². The number of benzene rings is 2. The first kappa shape index (κ1) is 11.4.